The van der Waals surface area contributed by atoms with Crippen LogP contribution in [0, 0.1) is 0 Å². The van der Waals surface area contributed by atoms with Gasteiger partial charge < -0.3 is 4.74 Å². The van der Waals surface area contributed by atoms with E-state index >= 15 is 0 Å². The van der Waals surface area contributed by atoms with Gasteiger partial charge in [0, 0.05) is 15.7 Å². The molecule has 1 heterocycles. The van der Waals surface area contributed by atoms with Crippen molar-refractivity contribution >= 4 is 39.3 Å². The summed E-state index contributed by atoms with van der Waals surface area (Å²) in [5.41, 5.74) is 6.09. The number of hydrazone groups is 1. The van der Waals surface area contributed by atoms with Crippen LogP contribution in [0.4, 0.5) is 0 Å². The molecule has 0 unspecified atom stereocenters. The number of aromatic nitrogens is 3. The van der Waals surface area contributed by atoms with Gasteiger partial charge in [-0.2, -0.15) is 5.10 Å². The second-order valence-electron chi connectivity index (χ2n) is 7.46. The first kappa shape index (κ1) is 24.7. The smallest absolute Gasteiger partial charge is 0.250 e. The molecule has 0 bridgehead atoms. The molecule has 1 amide bonds. The van der Waals surface area contributed by atoms with Gasteiger partial charge in [0.25, 0.3) is 5.91 Å². The molecule has 4 aromatic rings. The first-order valence-electron chi connectivity index (χ1n) is 11.0. The number of benzene rings is 3. The van der Waals surface area contributed by atoms with Crippen molar-refractivity contribution in [2.24, 2.45) is 5.10 Å². The fraction of sp³-hybridized carbons (Fsp3) is 0.154. The van der Waals surface area contributed by atoms with E-state index in [1.807, 2.05) is 97.3 Å². The van der Waals surface area contributed by atoms with Gasteiger partial charge in [0.15, 0.2) is 11.0 Å². The van der Waals surface area contributed by atoms with Gasteiger partial charge in [0.1, 0.15) is 5.75 Å². The molecule has 0 aliphatic heterocycles. The second kappa shape index (κ2) is 11.8. The molecule has 0 aliphatic rings. The minimum Gasteiger partial charge on any atom is -0.494 e. The van der Waals surface area contributed by atoms with Crippen LogP contribution in [0.1, 0.15) is 19.4 Å². The predicted molar refractivity (Wildman–Crippen MR) is 143 cm³/mol. The SMILES string of the molecule is CCOc1ccc(-n2c(SCC(=O)N/N=C(/C)c3ccc(Br)cc3)nnc2-c2ccccc2)cc1. The molecule has 35 heavy (non-hydrogen) atoms. The molecular weight excluding hydrogens is 526 g/mol. The maximum Gasteiger partial charge on any atom is 0.250 e. The number of carbonyl (C=O) groups excluding carboxylic acids is 1. The summed E-state index contributed by atoms with van der Waals surface area (Å²) in [7, 11) is 0. The minimum absolute atomic E-state index is 0.140. The molecule has 178 valence electrons. The van der Waals surface area contributed by atoms with Crippen LogP contribution in [0.15, 0.2) is 93.6 Å². The third kappa shape index (κ3) is 6.37. The standard InChI is InChI=1S/C26H24BrN5O2S/c1-3-34-23-15-13-22(14-16-23)32-25(20-7-5-4-6-8-20)30-31-26(32)35-17-24(33)29-28-18(2)19-9-11-21(27)12-10-19/h4-16H,3,17H2,1-2H3,(H,29,33)/b28-18-. The third-order valence-electron chi connectivity index (χ3n) is 5.01. The first-order chi connectivity index (χ1) is 17.0. The highest BCUT2D eigenvalue weighted by molar-refractivity contribution is 9.10. The number of hydrogen-bond donors (Lipinski definition) is 1. The van der Waals surface area contributed by atoms with Crippen LogP contribution in [0.3, 0.4) is 0 Å². The highest BCUT2D eigenvalue weighted by atomic mass is 79.9. The summed E-state index contributed by atoms with van der Waals surface area (Å²) in [5.74, 6) is 1.40. The molecule has 1 N–H and O–H groups in total. The van der Waals surface area contributed by atoms with E-state index in [1.54, 1.807) is 0 Å². The molecule has 9 heteroatoms. The quantitative estimate of drug-likeness (QED) is 0.164. The van der Waals surface area contributed by atoms with E-state index in [2.05, 4.69) is 36.7 Å². The average molecular weight is 550 g/mol. The van der Waals surface area contributed by atoms with E-state index in [9.17, 15) is 4.79 Å². The van der Waals surface area contributed by atoms with Gasteiger partial charge in [-0.3, -0.25) is 9.36 Å². The van der Waals surface area contributed by atoms with Gasteiger partial charge in [-0.05, 0) is 55.8 Å². The zero-order valence-electron chi connectivity index (χ0n) is 19.3. The number of halogens is 1. The Balaban J connectivity index is 1.52. The Morgan fingerprint density at radius 2 is 1.74 bits per heavy atom. The molecule has 0 saturated heterocycles. The largest absolute Gasteiger partial charge is 0.494 e. The lowest BCUT2D eigenvalue weighted by atomic mass is 10.1. The van der Waals surface area contributed by atoms with E-state index in [0.29, 0.717) is 17.6 Å². The maximum atomic E-state index is 12.5. The number of thioether (sulfide) groups is 1. The third-order valence-corrected chi connectivity index (χ3v) is 6.47. The fourth-order valence-corrected chi connectivity index (χ4v) is 4.30. The highest BCUT2D eigenvalue weighted by Gasteiger charge is 2.17. The summed E-state index contributed by atoms with van der Waals surface area (Å²) in [6.45, 7) is 4.40. The fourth-order valence-electron chi connectivity index (χ4n) is 3.29. The van der Waals surface area contributed by atoms with E-state index in [-0.39, 0.29) is 11.7 Å². The molecule has 4 rings (SSSR count). The summed E-state index contributed by atoms with van der Waals surface area (Å²) in [6, 6.07) is 25.3. The molecule has 0 saturated carbocycles. The zero-order valence-corrected chi connectivity index (χ0v) is 21.7. The number of nitrogens with one attached hydrogen (secondary N) is 1. The predicted octanol–water partition coefficient (Wildman–Crippen LogP) is 5.73. The molecular formula is C26H24BrN5O2S. The van der Waals surface area contributed by atoms with Crippen molar-refractivity contribution < 1.29 is 9.53 Å². The number of carbonyl (C=O) groups is 1. The van der Waals surface area contributed by atoms with Crippen molar-refractivity contribution in [3.8, 4) is 22.8 Å². The Hall–Kier alpha value is -3.43. The topological polar surface area (TPSA) is 81.4 Å². The maximum absolute atomic E-state index is 12.5. The van der Waals surface area contributed by atoms with E-state index in [0.717, 1.165) is 32.7 Å². The normalized spacial score (nSPS) is 11.3. The van der Waals surface area contributed by atoms with Gasteiger partial charge in [0.2, 0.25) is 0 Å². The van der Waals surface area contributed by atoms with Gasteiger partial charge in [-0.1, -0.05) is 70.2 Å². The van der Waals surface area contributed by atoms with E-state index in [1.165, 1.54) is 11.8 Å². The lowest BCUT2D eigenvalue weighted by molar-refractivity contribution is -0.118. The van der Waals surface area contributed by atoms with E-state index in [4.69, 9.17) is 4.74 Å². The van der Waals surface area contributed by atoms with Crippen LogP contribution >= 0.6 is 27.7 Å². The molecule has 1 aromatic heterocycles. The van der Waals surface area contributed by atoms with Crippen molar-refractivity contribution in [2.75, 3.05) is 12.4 Å². The lowest BCUT2D eigenvalue weighted by Gasteiger charge is -2.11. The Morgan fingerprint density at radius 3 is 2.43 bits per heavy atom. The molecule has 0 aliphatic carbocycles. The molecule has 0 radical (unpaired) electrons. The van der Waals surface area contributed by atoms with E-state index < -0.39 is 0 Å². The van der Waals surface area contributed by atoms with Crippen LogP contribution in [-0.2, 0) is 4.79 Å². The summed E-state index contributed by atoms with van der Waals surface area (Å²) in [4.78, 5) is 12.5. The Bertz CT molecular complexity index is 1310. The van der Waals surface area contributed by atoms with Crippen LogP contribution < -0.4 is 10.2 Å². The highest BCUT2D eigenvalue weighted by Crippen LogP contribution is 2.28. The van der Waals surface area contributed by atoms with Gasteiger partial charge in [-0.15, -0.1) is 10.2 Å². The van der Waals surface area contributed by atoms with Crippen LogP contribution in [0.2, 0.25) is 0 Å². The van der Waals surface area contributed by atoms with Gasteiger partial charge >= 0.3 is 0 Å². The monoisotopic (exact) mass is 549 g/mol. The molecule has 0 fully saturated rings. The van der Waals surface area contributed by atoms with Crippen molar-refractivity contribution in [2.45, 2.75) is 19.0 Å². The number of amides is 1. The summed E-state index contributed by atoms with van der Waals surface area (Å²) < 4.78 is 8.50. The molecule has 0 spiro atoms. The van der Waals surface area contributed by atoms with Crippen molar-refractivity contribution in [3.63, 3.8) is 0 Å². The van der Waals surface area contributed by atoms with Gasteiger partial charge in [-0.25, -0.2) is 5.43 Å². The number of nitrogens with zero attached hydrogens (tertiary/aromatic N) is 4. The average Bonchev–Trinajstić information content (AvgIpc) is 3.31. The Morgan fingerprint density at radius 1 is 1.03 bits per heavy atom. The Kier molecular flexibility index (Phi) is 8.33. The van der Waals surface area contributed by atoms with Crippen LogP contribution in [0.5, 0.6) is 5.75 Å². The van der Waals surface area contributed by atoms with Crippen molar-refractivity contribution in [1.82, 2.24) is 20.2 Å². The second-order valence-corrected chi connectivity index (χ2v) is 9.32. The lowest BCUT2D eigenvalue weighted by Crippen LogP contribution is -2.21. The number of ether oxygens (including phenoxy) is 1. The summed E-state index contributed by atoms with van der Waals surface area (Å²) in [5, 5.41) is 13.6. The van der Waals surface area contributed by atoms with Crippen molar-refractivity contribution in [1.29, 1.82) is 0 Å². The van der Waals surface area contributed by atoms with Gasteiger partial charge in [0.05, 0.1) is 18.1 Å². The summed E-state index contributed by atoms with van der Waals surface area (Å²) in [6.07, 6.45) is 0. The minimum atomic E-state index is -0.228. The molecule has 0 atom stereocenters. The Labute approximate surface area is 216 Å². The summed E-state index contributed by atoms with van der Waals surface area (Å²) >= 11 is 4.72. The van der Waals surface area contributed by atoms with Crippen LogP contribution in [-0.4, -0.2) is 38.7 Å². The van der Waals surface area contributed by atoms with Crippen molar-refractivity contribution in [3.05, 3.63) is 88.9 Å². The number of hydrogen-bond acceptors (Lipinski definition) is 6. The van der Waals surface area contributed by atoms with Crippen LogP contribution in [0.25, 0.3) is 17.1 Å². The zero-order chi connectivity index (χ0) is 24.6. The molecule has 7 nitrogen and oxygen atoms in total. The first-order valence-corrected chi connectivity index (χ1v) is 12.8. The number of rotatable bonds is 9. The molecule has 3 aromatic carbocycles.